The summed E-state index contributed by atoms with van der Waals surface area (Å²) in [7, 11) is 2.05. The molecule has 0 aliphatic carbocycles. The molecular weight excluding hydrogens is 182 g/mol. The Morgan fingerprint density at radius 2 is 2.15 bits per heavy atom. The van der Waals surface area contributed by atoms with E-state index in [-0.39, 0.29) is 0 Å². The van der Waals surface area contributed by atoms with Gasteiger partial charge in [0.15, 0.2) is 0 Å². The second-order valence-corrected chi connectivity index (χ2v) is 3.83. The van der Waals surface area contributed by atoms with Crippen molar-refractivity contribution in [2.45, 2.75) is 12.8 Å². The highest BCUT2D eigenvalue weighted by molar-refractivity contribution is 6.30. The summed E-state index contributed by atoms with van der Waals surface area (Å²) < 4.78 is 0. The first-order chi connectivity index (χ1) is 6.18. The highest BCUT2D eigenvalue weighted by atomic mass is 35.5. The van der Waals surface area contributed by atoms with Gasteiger partial charge in [-0.3, -0.25) is 0 Å². The molecule has 1 heterocycles. The Hall–Kier alpha value is -0.950. The van der Waals surface area contributed by atoms with Crippen LogP contribution in [0, 0.1) is 0 Å². The highest BCUT2D eigenvalue weighted by Crippen LogP contribution is 2.32. The molecule has 0 saturated heterocycles. The van der Waals surface area contributed by atoms with E-state index in [1.54, 1.807) is 0 Å². The molecule has 0 atom stereocenters. The Balaban J connectivity index is 2.49. The summed E-state index contributed by atoms with van der Waals surface area (Å²) >= 11 is 5.92. The first kappa shape index (κ1) is 8.64. The van der Waals surface area contributed by atoms with E-state index in [1.165, 1.54) is 16.9 Å². The predicted octanol–water partition coefficient (Wildman–Crippen LogP) is 3.24. The van der Waals surface area contributed by atoms with Crippen LogP contribution in [0.15, 0.2) is 30.5 Å². The minimum atomic E-state index is 0.819. The molecule has 2 rings (SSSR count). The molecule has 0 N–H and O–H groups in total. The average molecular weight is 194 g/mol. The molecule has 0 aromatic heterocycles. The maximum Gasteiger partial charge on any atom is 0.0439 e. The fourth-order valence-corrected chi connectivity index (χ4v) is 1.89. The van der Waals surface area contributed by atoms with Crippen LogP contribution in [-0.2, 0) is 6.42 Å². The van der Waals surface area contributed by atoms with Crippen molar-refractivity contribution >= 4 is 17.3 Å². The number of aryl methyl sites for hydroxylation is 1. The number of allylic oxidation sites excluding steroid dienone is 1. The summed E-state index contributed by atoms with van der Waals surface area (Å²) in [4.78, 5) is 2.13. The van der Waals surface area contributed by atoms with Crippen LogP contribution < -0.4 is 4.90 Å². The lowest BCUT2D eigenvalue weighted by molar-refractivity contribution is 0.844. The molecule has 1 aromatic carbocycles. The van der Waals surface area contributed by atoms with Crippen molar-refractivity contribution in [1.29, 1.82) is 0 Å². The minimum Gasteiger partial charge on any atom is -0.349 e. The molecule has 1 aliphatic heterocycles. The van der Waals surface area contributed by atoms with E-state index in [0.29, 0.717) is 0 Å². The van der Waals surface area contributed by atoms with Crippen molar-refractivity contribution in [3.8, 4) is 0 Å². The van der Waals surface area contributed by atoms with Gasteiger partial charge >= 0.3 is 0 Å². The van der Waals surface area contributed by atoms with E-state index in [4.69, 9.17) is 11.6 Å². The number of hydrogen-bond acceptors (Lipinski definition) is 1. The Labute approximate surface area is 83.6 Å². The number of hydrogen-bond donors (Lipinski definition) is 0. The van der Waals surface area contributed by atoms with Gasteiger partial charge < -0.3 is 4.90 Å². The van der Waals surface area contributed by atoms with Crippen molar-refractivity contribution in [2.75, 3.05) is 11.9 Å². The van der Waals surface area contributed by atoms with Crippen LogP contribution in [0.25, 0.3) is 0 Å². The van der Waals surface area contributed by atoms with Gasteiger partial charge in [-0.1, -0.05) is 18.2 Å². The fraction of sp³-hybridized carbons (Fsp3) is 0.273. The zero-order valence-corrected chi connectivity index (χ0v) is 8.43. The Bertz CT molecular complexity index is 357. The van der Waals surface area contributed by atoms with E-state index in [9.17, 15) is 0 Å². The first-order valence-corrected chi connectivity index (χ1v) is 4.76. The van der Waals surface area contributed by atoms with Crippen LogP contribution >= 0.6 is 11.6 Å². The summed E-state index contributed by atoms with van der Waals surface area (Å²) in [5.41, 5.74) is 3.73. The molecule has 0 bridgehead atoms. The number of rotatable bonds is 0. The van der Waals surface area contributed by atoms with Gasteiger partial charge in [-0.2, -0.15) is 0 Å². The zero-order chi connectivity index (χ0) is 9.42. The molecule has 0 radical (unpaired) electrons. The Morgan fingerprint density at radius 1 is 1.38 bits per heavy atom. The van der Waals surface area contributed by atoms with E-state index in [2.05, 4.69) is 17.5 Å². The van der Waals surface area contributed by atoms with Gasteiger partial charge in [-0.15, -0.1) is 0 Å². The smallest absolute Gasteiger partial charge is 0.0439 e. The lowest BCUT2D eigenvalue weighted by Crippen LogP contribution is -2.21. The summed E-state index contributed by atoms with van der Waals surface area (Å²) in [5.74, 6) is 0. The highest BCUT2D eigenvalue weighted by Gasteiger charge is 2.16. The van der Waals surface area contributed by atoms with Gasteiger partial charge in [0.1, 0.15) is 0 Å². The van der Waals surface area contributed by atoms with Crippen LogP contribution in [0.4, 0.5) is 5.69 Å². The van der Waals surface area contributed by atoms with Crippen molar-refractivity contribution in [2.24, 2.45) is 0 Å². The molecule has 0 amide bonds. The quantitative estimate of drug-likeness (QED) is 0.612. The molecule has 1 aromatic rings. The number of halogens is 1. The molecule has 0 fully saturated rings. The van der Waals surface area contributed by atoms with Gasteiger partial charge in [0.25, 0.3) is 0 Å². The van der Waals surface area contributed by atoms with E-state index >= 15 is 0 Å². The van der Waals surface area contributed by atoms with Crippen LogP contribution in [0.5, 0.6) is 0 Å². The summed E-state index contributed by atoms with van der Waals surface area (Å²) in [5, 5.41) is 0.819. The lowest BCUT2D eigenvalue weighted by atomic mass is 10.0. The second-order valence-electron chi connectivity index (χ2n) is 3.40. The zero-order valence-electron chi connectivity index (χ0n) is 7.68. The maximum atomic E-state index is 5.92. The van der Waals surface area contributed by atoms with Crippen molar-refractivity contribution in [3.63, 3.8) is 0 Å². The summed E-state index contributed by atoms with van der Waals surface area (Å²) in [6.07, 6.45) is 2.09. The molecule has 13 heavy (non-hydrogen) atoms. The van der Waals surface area contributed by atoms with Crippen LogP contribution in [0.3, 0.4) is 0 Å². The monoisotopic (exact) mass is 193 g/mol. The average Bonchev–Trinajstić information content (AvgIpc) is 2.12. The number of nitrogens with zero attached hydrogens (tertiary/aromatic N) is 1. The normalized spacial score (nSPS) is 15.8. The topological polar surface area (TPSA) is 3.24 Å². The predicted molar refractivity (Wildman–Crippen MR) is 57.3 cm³/mol. The van der Waals surface area contributed by atoms with Crippen molar-refractivity contribution < 1.29 is 0 Å². The molecule has 1 aliphatic rings. The standard InChI is InChI=1S/C11H12ClN/c1-8-3-4-9-7-10(12)5-6-11(9)13(8)2/h5-7H,1,3-4H2,2H3. The van der Waals surface area contributed by atoms with E-state index < -0.39 is 0 Å². The van der Waals surface area contributed by atoms with E-state index in [0.717, 1.165) is 17.9 Å². The number of benzene rings is 1. The Kier molecular flexibility index (Phi) is 2.04. The van der Waals surface area contributed by atoms with Crippen LogP contribution in [0.1, 0.15) is 12.0 Å². The third-order valence-electron chi connectivity index (χ3n) is 2.56. The minimum absolute atomic E-state index is 0.819. The fourth-order valence-electron chi connectivity index (χ4n) is 1.70. The SMILES string of the molecule is C=C1CCc2cc(Cl)ccc2N1C. The molecule has 0 saturated carbocycles. The molecular formula is C11H12ClN. The maximum absolute atomic E-state index is 5.92. The lowest BCUT2D eigenvalue weighted by Gasteiger charge is -2.29. The second kappa shape index (κ2) is 3.08. The summed E-state index contributed by atoms with van der Waals surface area (Å²) in [6, 6.07) is 6.03. The van der Waals surface area contributed by atoms with E-state index in [1.807, 2.05) is 19.2 Å². The third-order valence-corrected chi connectivity index (χ3v) is 2.80. The van der Waals surface area contributed by atoms with Crippen LogP contribution in [-0.4, -0.2) is 7.05 Å². The van der Waals surface area contributed by atoms with Crippen molar-refractivity contribution in [3.05, 3.63) is 41.1 Å². The molecule has 2 heteroatoms. The third kappa shape index (κ3) is 1.44. The van der Waals surface area contributed by atoms with Gasteiger partial charge in [-0.25, -0.2) is 0 Å². The van der Waals surface area contributed by atoms with Gasteiger partial charge in [0.05, 0.1) is 0 Å². The first-order valence-electron chi connectivity index (χ1n) is 4.38. The number of anilines is 1. The van der Waals surface area contributed by atoms with Crippen molar-refractivity contribution in [1.82, 2.24) is 0 Å². The number of fused-ring (bicyclic) bond motifs is 1. The Morgan fingerprint density at radius 3 is 2.92 bits per heavy atom. The molecule has 0 unspecified atom stereocenters. The molecule has 68 valence electrons. The molecule has 1 nitrogen and oxygen atoms in total. The van der Waals surface area contributed by atoms with Gasteiger partial charge in [0.2, 0.25) is 0 Å². The molecule has 0 spiro atoms. The summed E-state index contributed by atoms with van der Waals surface area (Å²) in [6.45, 7) is 4.01. The van der Waals surface area contributed by atoms with Crippen LogP contribution in [0.2, 0.25) is 5.02 Å². The van der Waals surface area contributed by atoms with Gasteiger partial charge in [-0.05, 0) is 36.6 Å². The largest absolute Gasteiger partial charge is 0.349 e. The van der Waals surface area contributed by atoms with Gasteiger partial charge in [0, 0.05) is 23.5 Å².